The van der Waals surface area contributed by atoms with Crippen molar-refractivity contribution < 1.29 is 0 Å². The number of nitrogens with zero attached hydrogens (tertiary/aromatic N) is 12. The molecule has 0 bridgehead atoms. The van der Waals surface area contributed by atoms with E-state index in [0.717, 1.165) is 138 Å². The molecule has 12 nitrogen and oxygen atoms in total. The Morgan fingerprint density at radius 2 is 0.444 bits per heavy atom. The summed E-state index contributed by atoms with van der Waals surface area (Å²) >= 11 is 0. The normalized spacial score (nSPS) is 11.2. The Bertz CT molecular complexity index is 8330. The summed E-state index contributed by atoms with van der Waals surface area (Å²) in [7, 11) is 0. The summed E-state index contributed by atoms with van der Waals surface area (Å²) in [5.41, 5.74) is 25.4. The van der Waals surface area contributed by atoms with Gasteiger partial charge in [0.25, 0.3) is 0 Å². The quantitative estimate of drug-likeness (QED) is 0.115. The fourth-order valence-electron chi connectivity index (χ4n) is 18.2. The van der Waals surface area contributed by atoms with Crippen molar-refractivity contribution in [1.29, 1.82) is 31.6 Å². The predicted molar refractivity (Wildman–Crippen MR) is 498 cm³/mol. The molecule has 0 fully saturated rings. The first kappa shape index (κ1) is 73.6. The average molecular weight is 1580 g/mol. The Morgan fingerprint density at radius 3 is 0.806 bits per heavy atom. The molecule has 124 heavy (non-hydrogen) atoms. The second kappa shape index (κ2) is 30.8. The maximum Gasteiger partial charge on any atom is 0.102 e. The smallest absolute Gasteiger partial charge is 0.102 e. The molecule has 6 heterocycles. The van der Waals surface area contributed by atoms with E-state index >= 15 is 0 Å². The van der Waals surface area contributed by atoms with E-state index in [9.17, 15) is 31.6 Å². The lowest BCUT2D eigenvalue weighted by molar-refractivity contribution is 1.16. The zero-order valence-electron chi connectivity index (χ0n) is 66.3. The maximum absolute atomic E-state index is 10.8. The molecular formula is C112H64N12. The minimum atomic E-state index is 0.276. The van der Waals surface area contributed by atoms with Gasteiger partial charge in [0.2, 0.25) is 0 Å². The largest absolute Gasteiger partial charge is 0.309 e. The molecule has 16 aromatic carbocycles. The van der Waals surface area contributed by atoms with Gasteiger partial charge in [0.1, 0.15) is 24.3 Å². The standard InChI is InChI=1S/2C56H32N6/c57-33-40-29-39(56-49(35-59)54(36-15-5-1-6-16-36)48(34-58)55(60-56)37-17-7-2-8-18-37)26-27-43(40)38-25-28-45-47-31-46-44-23-13-14-24-50(44)61(41-19-9-3-10-20-41)52(46)32-53(47)62(51(45)30-38)42-21-11-4-12-22-42;57-33-40-29-39(56-49(35-59)54(36-15-5-1-6-16-36)48(34-58)55(60-56)37-17-7-2-8-18-37)25-27-43(40)38-26-28-51-45(30-38)47-31-46-44-23-13-14-24-50(44)61(41-19-9-3-10-20-41)52(46)32-53(47)62(51)42-21-11-4-12-22-42/h2*1-32H. The van der Waals surface area contributed by atoms with Crippen LogP contribution in [0.25, 0.3) is 200 Å². The van der Waals surface area contributed by atoms with Gasteiger partial charge < -0.3 is 18.3 Å². The molecule has 22 aromatic rings. The topological polar surface area (TPSA) is 188 Å². The summed E-state index contributed by atoms with van der Waals surface area (Å²) in [6.07, 6.45) is 0. The number of hydrogen-bond acceptors (Lipinski definition) is 8. The number of pyridine rings is 2. The Hall–Kier alpha value is -18.0. The SMILES string of the molecule is N#Cc1cc(-c2nc(-c3ccccc3)c(C#N)c(-c3ccccc3)c2C#N)ccc1-c1ccc2c(c1)c1cc3c4ccccc4n(-c4ccccc4)c3cc1n2-c1ccccc1.N#Cc1cc(-c2nc(-c3ccccc3)c(C#N)c(-c3ccccc3)c2C#N)ccc1-c1ccc2c3cc4c5ccccc5n(-c5ccccc5)c4cc3n(-c3ccccc3)c2c1. The molecule has 12 heteroatoms. The lowest BCUT2D eigenvalue weighted by Gasteiger charge is -2.16. The molecule has 0 amide bonds. The fourth-order valence-corrected chi connectivity index (χ4v) is 18.2. The van der Waals surface area contributed by atoms with E-state index in [1.54, 1.807) is 0 Å². The van der Waals surface area contributed by atoms with Crippen molar-refractivity contribution in [3.8, 4) is 149 Å². The highest BCUT2D eigenvalue weighted by atomic mass is 15.0. The maximum atomic E-state index is 10.8. The fraction of sp³-hybridized carbons (Fsp3) is 0. The zero-order valence-corrected chi connectivity index (χ0v) is 66.3. The van der Waals surface area contributed by atoms with Crippen LogP contribution >= 0.6 is 0 Å². The number of hydrogen-bond donors (Lipinski definition) is 0. The summed E-state index contributed by atoms with van der Waals surface area (Å²) in [6, 6.07) is 145. The van der Waals surface area contributed by atoms with E-state index in [1.165, 1.54) is 16.2 Å². The van der Waals surface area contributed by atoms with Crippen LogP contribution in [0.1, 0.15) is 33.4 Å². The van der Waals surface area contributed by atoms with Gasteiger partial charge >= 0.3 is 0 Å². The van der Waals surface area contributed by atoms with Gasteiger partial charge in [0.15, 0.2) is 0 Å². The van der Waals surface area contributed by atoms with Crippen molar-refractivity contribution in [2.24, 2.45) is 0 Å². The van der Waals surface area contributed by atoms with Crippen LogP contribution in [-0.2, 0) is 0 Å². The second-order valence-corrected chi connectivity index (χ2v) is 30.5. The van der Waals surface area contributed by atoms with Gasteiger partial charge in [-0.2, -0.15) is 31.6 Å². The van der Waals surface area contributed by atoms with Crippen LogP contribution in [0, 0.1) is 68.0 Å². The highest BCUT2D eigenvalue weighted by Crippen LogP contribution is 2.47. The molecule has 0 radical (unpaired) electrons. The predicted octanol–water partition coefficient (Wildman–Crippen LogP) is 27.1. The molecule has 0 spiro atoms. The van der Waals surface area contributed by atoms with Crippen LogP contribution in [0.5, 0.6) is 0 Å². The third-order valence-electron chi connectivity index (χ3n) is 23.7. The number of para-hydroxylation sites is 6. The van der Waals surface area contributed by atoms with Gasteiger partial charge in [-0.05, 0) is 149 Å². The summed E-state index contributed by atoms with van der Waals surface area (Å²) < 4.78 is 9.33. The van der Waals surface area contributed by atoms with E-state index in [-0.39, 0.29) is 11.1 Å². The minimum absolute atomic E-state index is 0.276. The summed E-state index contributed by atoms with van der Waals surface area (Å²) in [4.78, 5) is 10.1. The van der Waals surface area contributed by atoms with Crippen LogP contribution in [0.2, 0.25) is 0 Å². The zero-order chi connectivity index (χ0) is 83.5. The molecule has 22 rings (SSSR count). The molecule has 0 aliphatic carbocycles. The number of nitriles is 6. The Labute approximate surface area is 712 Å². The molecular weight excluding hydrogens is 1510 g/mol. The lowest BCUT2D eigenvalue weighted by Crippen LogP contribution is -2.02. The number of benzene rings is 16. The third kappa shape index (κ3) is 12.2. The van der Waals surface area contributed by atoms with Gasteiger partial charge in [-0.3, -0.25) is 0 Å². The highest BCUT2D eigenvalue weighted by Gasteiger charge is 2.29. The van der Waals surface area contributed by atoms with E-state index in [4.69, 9.17) is 9.97 Å². The Balaban J connectivity index is 0.000000152. The van der Waals surface area contributed by atoms with Gasteiger partial charge in [0, 0.05) is 99.2 Å². The molecule has 0 aliphatic heterocycles. The molecule has 6 aromatic heterocycles. The summed E-state index contributed by atoms with van der Waals surface area (Å²) in [6.45, 7) is 0. The van der Waals surface area contributed by atoms with Gasteiger partial charge in [-0.1, -0.05) is 273 Å². The highest BCUT2D eigenvalue weighted by molar-refractivity contribution is 6.22. The molecule has 0 saturated carbocycles. The lowest BCUT2D eigenvalue weighted by atomic mass is 9.88. The van der Waals surface area contributed by atoms with Crippen molar-refractivity contribution in [2.75, 3.05) is 0 Å². The molecule has 0 unspecified atom stereocenters. The third-order valence-corrected chi connectivity index (χ3v) is 23.7. The van der Waals surface area contributed by atoms with Crippen molar-refractivity contribution in [3.05, 3.63) is 422 Å². The van der Waals surface area contributed by atoms with Crippen LogP contribution in [0.4, 0.5) is 0 Å². The molecule has 0 aliphatic rings. The van der Waals surface area contributed by atoms with Crippen LogP contribution in [-0.4, -0.2) is 28.2 Å². The van der Waals surface area contributed by atoms with Crippen LogP contribution in [0.15, 0.2) is 388 Å². The Kier molecular flexibility index (Phi) is 18.3. The van der Waals surface area contributed by atoms with E-state index in [2.05, 4.69) is 261 Å². The van der Waals surface area contributed by atoms with E-state index in [0.29, 0.717) is 67.3 Å². The summed E-state index contributed by atoms with van der Waals surface area (Å²) in [5, 5.41) is 73.3. The number of rotatable bonds is 12. The molecule has 0 saturated heterocycles. The van der Waals surface area contributed by atoms with Crippen LogP contribution in [0.3, 0.4) is 0 Å². The number of fused-ring (bicyclic) bond motifs is 12. The van der Waals surface area contributed by atoms with Crippen molar-refractivity contribution >= 4 is 87.2 Å². The van der Waals surface area contributed by atoms with Gasteiger partial charge in [-0.15, -0.1) is 0 Å². The first-order valence-electron chi connectivity index (χ1n) is 40.6. The monoisotopic (exact) mass is 1580 g/mol. The van der Waals surface area contributed by atoms with Crippen LogP contribution < -0.4 is 0 Å². The van der Waals surface area contributed by atoms with Crippen molar-refractivity contribution in [1.82, 2.24) is 28.2 Å². The van der Waals surface area contributed by atoms with Crippen molar-refractivity contribution in [3.63, 3.8) is 0 Å². The first-order valence-corrected chi connectivity index (χ1v) is 40.6. The average Bonchev–Trinajstić information content (AvgIpc) is 1.55. The van der Waals surface area contributed by atoms with Gasteiger partial charge in [0.05, 0.1) is 112 Å². The first-order chi connectivity index (χ1) is 61.3. The molecule has 0 atom stereocenters. The van der Waals surface area contributed by atoms with Crippen molar-refractivity contribution in [2.45, 2.75) is 0 Å². The second-order valence-electron chi connectivity index (χ2n) is 30.5. The minimum Gasteiger partial charge on any atom is -0.309 e. The van der Waals surface area contributed by atoms with E-state index < -0.39 is 0 Å². The van der Waals surface area contributed by atoms with E-state index in [1.807, 2.05) is 182 Å². The summed E-state index contributed by atoms with van der Waals surface area (Å²) in [5.74, 6) is 0. The molecule has 572 valence electrons. The number of aromatic nitrogens is 6. The van der Waals surface area contributed by atoms with Gasteiger partial charge in [-0.25, -0.2) is 9.97 Å². The Morgan fingerprint density at radius 1 is 0.177 bits per heavy atom. The molecule has 0 N–H and O–H groups in total.